The molecule has 0 N–H and O–H groups in total. The Hall–Kier alpha value is -1.91. The van der Waals surface area contributed by atoms with Gasteiger partial charge >= 0.3 is 0 Å². The Kier molecular flexibility index (Phi) is 3.07. The molecule has 5 heteroatoms. The SMILES string of the molecule is CC(C)(C)C1CC(c2ccc([N+](=O)[O-])cc2)=NO1. The lowest BCUT2D eigenvalue weighted by Crippen LogP contribution is -2.26. The van der Waals surface area contributed by atoms with Crippen molar-refractivity contribution in [2.24, 2.45) is 10.6 Å². The minimum absolute atomic E-state index is 0.0338. The topological polar surface area (TPSA) is 64.7 Å². The Bertz CT molecular complexity index is 486. The molecule has 0 saturated carbocycles. The molecule has 1 unspecified atom stereocenters. The number of hydrogen-bond donors (Lipinski definition) is 0. The lowest BCUT2D eigenvalue weighted by atomic mass is 9.85. The van der Waals surface area contributed by atoms with Gasteiger partial charge in [-0.2, -0.15) is 0 Å². The maximum Gasteiger partial charge on any atom is 0.269 e. The molecule has 0 aromatic heterocycles. The zero-order valence-electron chi connectivity index (χ0n) is 10.7. The average molecular weight is 248 g/mol. The zero-order chi connectivity index (χ0) is 13.3. The van der Waals surface area contributed by atoms with E-state index in [9.17, 15) is 10.1 Å². The lowest BCUT2D eigenvalue weighted by Gasteiger charge is -2.23. The van der Waals surface area contributed by atoms with Gasteiger partial charge in [-0.05, 0) is 17.7 Å². The summed E-state index contributed by atoms with van der Waals surface area (Å²) < 4.78 is 0. The first-order chi connectivity index (χ1) is 8.38. The molecule has 1 aromatic rings. The Labute approximate surface area is 106 Å². The number of non-ortho nitro benzene ring substituents is 1. The highest BCUT2D eigenvalue weighted by Crippen LogP contribution is 2.30. The Morgan fingerprint density at radius 3 is 2.39 bits per heavy atom. The average Bonchev–Trinajstić information content (AvgIpc) is 2.78. The standard InChI is InChI=1S/C13H16N2O3/c1-13(2,3)12-8-11(14-18-12)9-4-6-10(7-5-9)15(16)17/h4-7,12H,8H2,1-3H3. The normalized spacial score (nSPS) is 19.3. The van der Waals surface area contributed by atoms with Crippen LogP contribution in [0.15, 0.2) is 29.4 Å². The van der Waals surface area contributed by atoms with E-state index in [4.69, 9.17) is 4.84 Å². The Morgan fingerprint density at radius 2 is 1.94 bits per heavy atom. The fourth-order valence-corrected chi connectivity index (χ4v) is 1.79. The second-order valence-corrected chi connectivity index (χ2v) is 5.51. The number of nitro groups is 1. The molecule has 0 aliphatic carbocycles. The van der Waals surface area contributed by atoms with Gasteiger partial charge in [0.05, 0.1) is 10.6 Å². The van der Waals surface area contributed by atoms with Crippen LogP contribution in [0.1, 0.15) is 32.8 Å². The van der Waals surface area contributed by atoms with Crippen LogP contribution in [-0.2, 0) is 4.84 Å². The lowest BCUT2D eigenvalue weighted by molar-refractivity contribution is -0.384. The molecular formula is C13H16N2O3. The predicted octanol–water partition coefficient (Wildman–Crippen LogP) is 3.13. The summed E-state index contributed by atoms with van der Waals surface area (Å²) in [5.74, 6) is 0. The van der Waals surface area contributed by atoms with E-state index < -0.39 is 4.92 Å². The Morgan fingerprint density at radius 1 is 1.33 bits per heavy atom. The highest BCUT2D eigenvalue weighted by Gasteiger charge is 2.32. The van der Waals surface area contributed by atoms with Gasteiger partial charge in [0.25, 0.3) is 5.69 Å². The molecule has 0 spiro atoms. The molecule has 0 fully saturated rings. The van der Waals surface area contributed by atoms with Crippen molar-refractivity contribution in [2.75, 3.05) is 0 Å². The number of hydrogen-bond acceptors (Lipinski definition) is 4. The van der Waals surface area contributed by atoms with Gasteiger partial charge < -0.3 is 4.84 Å². The van der Waals surface area contributed by atoms with Crippen molar-refractivity contribution in [3.05, 3.63) is 39.9 Å². The summed E-state index contributed by atoms with van der Waals surface area (Å²) in [6, 6.07) is 6.40. The van der Waals surface area contributed by atoms with Crippen LogP contribution in [0.2, 0.25) is 0 Å². The molecule has 0 saturated heterocycles. The van der Waals surface area contributed by atoms with E-state index in [0.29, 0.717) is 0 Å². The molecule has 1 aliphatic heterocycles. The molecule has 96 valence electrons. The van der Waals surface area contributed by atoms with E-state index in [2.05, 4.69) is 25.9 Å². The Balaban J connectivity index is 2.12. The van der Waals surface area contributed by atoms with Gasteiger partial charge in [0, 0.05) is 24.0 Å². The molecular weight excluding hydrogens is 232 g/mol. The largest absolute Gasteiger partial charge is 0.391 e. The summed E-state index contributed by atoms with van der Waals surface area (Å²) in [5.41, 5.74) is 1.86. The summed E-state index contributed by atoms with van der Waals surface area (Å²) in [5, 5.41) is 14.6. The molecule has 0 radical (unpaired) electrons. The van der Waals surface area contributed by atoms with Crippen molar-refractivity contribution in [2.45, 2.75) is 33.3 Å². The van der Waals surface area contributed by atoms with Crippen LogP contribution >= 0.6 is 0 Å². The minimum atomic E-state index is -0.408. The van der Waals surface area contributed by atoms with E-state index in [0.717, 1.165) is 17.7 Å². The van der Waals surface area contributed by atoms with Crippen LogP contribution < -0.4 is 0 Å². The number of nitro benzene ring substituents is 1. The summed E-state index contributed by atoms with van der Waals surface area (Å²) in [7, 11) is 0. The molecule has 1 aliphatic rings. The third-order valence-corrected chi connectivity index (χ3v) is 3.05. The van der Waals surface area contributed by atoms with E-state index in [1.807, 2.05) is 0 Å². The van der Waals surface area contributed by atoms with Crippen LogP contribution in [0.25, 0.3) is 0 Å². The van der Waals surface area contributed by atoms with Crippen molar-refractivity contribution in [3.8, 4) is 0 Å². The first-order valence-corrected chi connectivity index (χ1v) is 5.85. The van der Waals surface area contributed by atoms with Gasteiger partial charge in [0.2, 0.25) is 0 Å². The highest BCUT2D eigenvalue weighted by atomic mass is 16.6. The number of oxime groups is 1. The van der Waals surface area contributed by atoms with Crippen LogP contribution in [-0.4, -0.2) is 16.7 Å². The van der Waals surface area contributed by atoms with E-state index >= 15 is 0 Å². The zero-order valence-corrected chi connectivity index (χ0v) is 10.7. The van der Waals surface area contributed by atoms with Crippen molar-refractivity contribution in [3.63, 3.8) is 0 Å². The number of rotatable bonds is 2. The van der Waals surface area contributed by atoms with Gasteiger partial charge in [-0.1, -0.05) is 25.9 Å². The third-order valence-electron chi connectivity index (χ3n) is 3.05. The smallest absolute Gasteiger partial charge is 0.269 e. The van der Waals surface area contributed by atoms with Crippen molar-refractivity contribution >= 4 is 11.4 Å². The molecule has 5 nitrogen and oxygen atoms in total. The maximum atomic E-state index is 10.6. The van der Waals surface area contributed by atoms with Crippen LogP contribution in [0, 0.1) is 15.5 Å². The van der Waals surface area contributed by atoms with Crippen molar-refractivity contribution in [1.82, 2.24) is 0 Å². The van der Waals surface area contributed by atoms with Crippen molar-refractivity contribution < 1.29 is 9.76 Å². The molecule has 2 rings (SSSR count). The van der Waals surface area contributed by atoms with Gasteiger partial charge in [0.1, 0.15) is 6.10 Å². The first-order valence-electron chi connectivity index (χ1n) is 5.85. The van der Waals surface area contributed by atoms with Gasteiger partial charge in [-0.3, -0.25) is 10.1 Å². The van der Waals surface area contributed by atoms with Crippen molar-refractivity contribution in [1.29, 1.82) is 0 Å². The second kappa shape index (κ2) is 4.40. The second-order valence-electron chi connectivity index (χ2n) is 5.51. The van der Waals surface area contributed by atoms with Crippen LogP contribution in [0.5, 0.6) is 0 Å². The maximum absolute atomic E-state index is 10.6. The number of benzene rings is 1. The molecule has 0 bridgehead atoms. The van der Waals surface area contributed by atoms with E-state index in [1.54, 1.807) is 12.1 Å². The fraction of sp³-hybridized carbons (Fsp3) is 0.462. The molecule has 1 atom stereocenters. The first kappa shape index (κ1) is 12.5. The minimum Gasteiger partial charge on any atom is -0.391 e. The molecule has 1 aromatic carbocycles. The van der Waals surface area contributed by atoms with Crippen LogP contribution in [0.4, 0.5) is 5.69 Å². The van der Waals surface area contributed by atoms with Gasteiger partial charge in [-0.25, -0.2) is 0 Å². The van der Waals surface area contributed by atoms with E-state index in [1.165, 1.54) is 12.1 Å². The van der Waals surface area contributed by atoms with E-state index in [-0.39, 0.29) is 17.2 Å². The van der Waals surface area contributed by atoms with Crippen LogP contribution in [0.3, 0.4) is 0 Å². The third kappa shape index (κ3) is 2.50. The van der Waals surface area contributed by atoms with Gasteiger partial charge in [-0.15, -0.1) is 0 Å². The predicted molar refractivity (Wildman–Crippen MR) is 68.6 cm³/mol. The molecule has 1 heterocycles. The molecule has 0 amide bonds. The summed E-state index contributed by atoms with van der Waals surface area (Å²) in [4.78, 5) is 15.6. The number of nitrogens with zero attached hydrogens (tertiary/aromatic N) is 2. The molecule has 18 heavy (non-hydrogen) atoms. The quantitative estimate of drug-likeness (QED) is 0.596. The summed E-state index contributed by atoms with van der Waals surface area (Å²) in [6.07, 6.45) is 0.795. The fourth-order valence-electron chi connectivity index (χ4n) is 1.79. The van der Waals surface area contributed by atoms with Gasteiger partial charge in [0.15, 0.2) is 0 Å². The monoisotopic (exact) mass is 248 g/mol. The highest BCUT2D eigenvalue weighted by molar-refractivity contribution is 6.01. The summed E-state index contributed by atoms with van der Waals surface area (Å²) >= 11 is 0. The summed E-state index contributed by atoms with van der Waals surface area (Å²) in [6.45, 7) is 6.31.